The number of aliphatic imine (C=N–C) groups is 1. The summed E-state index contributed by atoms with van der Waals surface area (Å²) in [6.07, 6.45) is 3.49. The Hall–Kier alpha value is -1.32. The number of benzene rings is 1. The van der Waals surface area contributed by atoms with Crippen LogP contribution in [0.15, 0.2) is 41.7 Å². The Kier molecular flexibility index (Phi) is 9.23. The lowest BCUT2D eigenvalue weighted by atomic mass is 9.85. The van der Waals surface area contributed by atoms with Crippen molar-refractivity contribution in [2.24, 2.45) is 12.0 Å². The van der Waals surface area contributed by atoms with Crippen LogP contribution >= 0.6 is 35.6 Å². The van der Waals surface area contributed by atoms with Gasteiger partial charge in [-0.05, 0) is 31.5 Å². The maximum atomic E-state index is 10.7. The van der Waals surface area contributed by atoms with E-state index in [2.05, 4.69) is 35.6 Å². The van der Waals surface area contributed by atoms with E-state index in [4.69, 9.17) is 16.6 Å². The highest BCUT2D eigenvalue weighted by molar-refractivity contribution is 14.0. The molecule has 2 aromatic rings. The van der Waals surface area contributed by atoms with Gasteiger partial charge >= 0.3 is 0 Å². The maximum Gasteiger partial charge on any atom is 0.191 e. The van der Waals surface area contributed by atoms with Gasteiger partial charge in [0.15, 0.2) is 5.96 Å². The molecular weight excluding hydrogens is 489 g/mol. The van der Waals surface area contributed by atoms with E-state index in [9.17, 15) is 5.11 Å². The van der Waals surface area contributed by atoms with Gasteiger partial charge in [0, 0.05) is 35.8 Å². The molecule has 0 aliphatic rings. The molecule has 28 heavy (non-hydrogen) atoms. The Bertz CT molecular complexity index is 788. The third kappa shape index (κ3) is 6.93. The zero-order chi connectivity index (χ0) is 20.1. The van der Waals surface area contributed by atoms with Crippen LogP contribution in [0, 0.1) is 0 Å². The maximum absolute atomic E-state index is 10.7. The Labute approximate surface area is 189 Å². The lowest BCUT2D eigenvalue weighted by Gasteiger charge is -2.26. The second kappa shape index (κ2) is 10.5. The molecule has 1 aromatic heterocycles. The average Bonchev–Trinajstić information content (AvgIpc) is 3.05. The van der Waals surface area contributed by atoms with Crippen molar-refractivity contribution in [1.29, 1.82) is 0 Å². The van der Waals surface area contributed by atoms with Gasteiger partial charge in [-0.25, -0.2) is 0 Å². The number of hydrogen-bond acceptors (Lipinski definition) is 3. The largest absolute Gasteiger partial charge is 0.383 e. The fourth-order valence-electron chi connectivity index (χ4n) is 2.68. The molecule has 0 radical (unpaired) electrons. The molecule has 0 spiro atoms. The molecule has 0 bridgehead atoms. The topological polar surface area (TPSA) is 74.5 Å². The molecule has 156 valence electrons. The van der Waals surface area contributed by atoms with Gasteiger partial charge in [-0.1, -0.05) is 37.6 Å². The lowest BCUT2D eigenvalue weighted by molar-refractivity contribution is 0.0616. The number of aromatic nitrogens is 2. The quantitative estimate of drug-likeness (QED) is 0.298. The first-order valence-corrected chi connectivity index (χ1v) is 9.51. The molecule has 1 unspecified atom stereocenters. The summed E-state index contributed by atoms with van der Waals surface area (Å²) in [7, 11) is 1.83. The average molecular weight is 520 g/mol. The monoisotopic (exact) mass is 519 g/mol. The van der Waals surface area contributed by atoms with Crippen LogP contribution in [0.25, 0.3) is 0 Å². The summed E-state index contributed by atoms with van der Waals surface area (Å²) >= 11 is 6.13. The third-order valence-corrected chi connectivity index (χ3v) is 4.74. The third-order valence-electron chi connectivity index (χ3n) is 4.51. The molecule has 0 aliphatic carbocycles. The Morgan fingerprint density at radius 2 is 1.96 bits per heavy atom. The van der Waals surface area contributed by atoms with E-state index in [1.54, 1.807) is 17.8 Å². The molecule has 0 fully saturated rings. The number of guanidine groups is 1. The summed E-state index contributed by atoms with van der Waals surface area (Å²) in [5, 5.41) is 22.0. The number of aryl methyl sites for hydroxylation is 1. The van der Waals surface area contributed by atoms with Crippen LogP contribution in [0.1, 0.15) is 38.8 Å². The molecule has 1 heterocycles. The van der Waals surface area contributed by atoms with Gasteiger partial charge in [-0.3, -0.25) is 9.67 Å². The first-order chi connectivity index (χ1) is 12.6. The highest BCUT2D eigenvalue weighted by Gasteiger charge is 2.25. The standard InChI is InChI=1S/C20H30ClN5O.HI/c1-6-22-18(24-14-20(4,27)16-11-25-26(5)12-16)23-13-19(2,3)15-8-7-9-17(21)10-15;/h7-12,27H,6,13-14H2,1-5H3,(H2,22,23,24);1H. The number of hydrogen-bond donors (Lipinski definition) is 3. The van der Waals surface area contributed by atoms with Gasteiger partial charge in [0.1, 0.15) is 5.60 Å². The molecule has 3 N–H and O–H groups in total. The van der Waals surface area contributed by atoms with Crippen molar-refractivity contribution in [1.82, 2.24) is 20.4 Å². The van der Waals surface area contributed by atoms with E-state index in [0.29, 0.717) is 19.0 Å². The number of nitrogens with zero attached hydrogens (tertiary/aromatic N) is 3. The summed E-state index contributed by atoms with van der Waals surface area (Å²) in [5.41, 5.74) is 0.677. The highest BCUT2D eigenvalue weighted by atomic mass is 127. The zero-order valence-corrected chi connectivity index (χ0v) is 20.2. The van der Waals surface area contributed by atoms with E-state index in [1.165, 1.54) is 0 Å². The summed E-state index contributed by atoms with van der Waals surface area (Å²) < 4.78 is 1.68. The van der Waals surface area contributed by atoms with Crippen molar-refractivity contribution in [2.75, 3.05) is 19.6 Å². The molecule has 0 saturated carbocycles. The van der Waals surface area contributed by atoms with Gasteiger partial charge in [-0.2, -0.15) is 5.10 Å². The SMILES string of the molecule is CCNC(=NCC(C)(C)c1cccc(Cl)c1)NCC(C)(O)c1cnn(C)c1.I. The molecule has 6 nitrogen and oxygen atoms in total. The van der Waals surface area contributed by atoms with Crippen molar-refractivity contribution in [3.8, 4) is 0 Å². The van der Waals surface area contributed by atoms with Crippen LogP contribution in [0.2, 0.25) is 5.02 Å². The summed E-state index contributed by atoms with van der Waals surface area (Å²) in [6, 6.07) is 7.87. The smallest absolute Gasteiger partial charge is 0.191 e. The molecule has 0 saturated heterocycles. The van der Waals surface area contributed by atoms with Gasteiger partial charge in [-0.15, -0.1) is 24.0 Å². The summed E-state index contributed by atoms with van der Waals surface area (Å²) in [4.78, 5) is 4.71. The fraction of sp³-hybridized carbons (Fsp3) is 0.500. The van der Waals surface area contributed by atoms with E-state index in [0.717, 1.165) is 22.7 Å². The molecule has 0 aliphatic heterocycles. The van der Waals surface area contributed by atoms with Crippen LogP contribution in [0.4, 0.5) is 0 Å². The molecule has 0 amide bonds. The molecule has 2 rings (SSSR count). The van der Waals surface area contributed by atoms with Crippen LogP contribution in [-0.2, 0) is 18.1 Å². The minimum Gasteiger partial charge on any atom is -0.383 e. The molecular formula is C20H31ClIN5O. The zero-order valence-electron chi connectivity index (χ0n) is 17.2. The van der Waals surface area contributed by atoms with Crippen molar-refractivity contribution < 1.29 is 5.11 Å². The van der Waals surface area contributed by atoms with Crippen LogP contribution in [-0.4, -0.2) is 40.5 Å². The second-order valence-corrected chi connectivity index (χ2v) is 8.06. The molecule has 1 aromatic carbocycles. The first-order valence-electron chi connectivity index (χ1n) is 9.14. The second-order valence-electron chi connectivity index (χ2n) is 7.62. The minimum absolute atomic E-state index is 0. The number of nitrogens with one attached hydrogen (secondary N) is 2. The number of aliphatic hydroxyl groups is 1. The van der Waals surface area contributed by atoms with Crippen LogP contribution in [0.5, 0.6) is 0 Å². The normalized spacial score (nSPS) is 14.2. The summed E-state index contributed by atoms with van der Waals surface area (Å²) in [5.74, 6) is 0.664. The van der Waals surface area contributed by atoms with Crippen molar-refractivity contribution in [3.05, 3.63) is 52.8 Å². The molecule has 1 atom stereocenters. The fourth-order valence-corrected chi connectivity index (χ4v) is 2.87. The predicted molar refractivity (Wildman–Crippen MR) is 127 cm³/mol. The van der Waals surface area contributed by atoms with E-state index in [1.807, 2.05) is 38.4 Å². The molecule has 8 heteroatoms. The van der Waals surface area contributed by atoms with Crippen LogP contribution in [0.3, 0.4) is 0 Å². The van der Waals surface area contributed by atoms with Gasteiger partial charge in [0.25, 0.3) is 0 Å². The predicted octanol–water partition coefficient (Wildman–Crippen LogP) is 3.43. The number of halogens is 2. The Balaban J connectivity index is 0.00000392. The van der Waals surface area contributed by atoms with Gasteiger partial charge in [0.2, 0.25) is 0 Å². The Morgan fingerprint density at radius 3 is 2.54 bits per heavy atom. The summed E-state index contributed by atoms with van der Waals surface area (Å²) in [6.45, 7) is 9.68. The highest BCUT2D eigenvalue weighted by Crippen LogP contribution is 2.26. The number of rotatable bonds is 7. The lowest BCUT2D eigenvalue weighted by Crippen LogP contribution is -2.45. The van der Waals surface area contributed by atoms with Crippen LogP contribution < -0.4 is 10.6 Å². The van der Waals surface area contributed by atoms with E-state index < -0.39 is 5.60 Å². The van der Waals surface area contributed by atoms with E-state index >= 15 is 0 Å². The first kappa shape index (κ1) is 24.7. The van der Waals surface area contributed by atoms with Crippen molar-refractivity contribution in [3.63, 3.8) is 0 Å². The van der Waals surface area contributed by atoms with Crippen molar-refractivity contribution >= 4 is 41.5 Å². The van der Waals surface area contributed by atoms with E-state index in [-0.39, 0.29) is 29.4 Å². The van der Waals surface area contributed by atoms with Gasteiger partial charge < -0.3 is 15.7 Å². The van der Waals surface area contributed by atoms with Crippen molar-refractivity contribution in [2.45, 2.75) is 38.7 Å². The van der Waals surface area contributed by atoms with Gasteiger partial charge in [0.05, 0.1) is 19.3 Å². The minimum atomic E-state index is -1.05. The Morgan fingerprint density at radius 1 is 1.25 bits per heavy atom.